The van der Waals surface area contributed by atoms with E-state index in [4.69, 9.17) is 17.2 Å². The molecule has 0 radical (unpaired) electrons. The van der Waals surface area contributed by atoms with E-state index in [0.717, 1.165) is 10.8 Å². The van der Waals surface area contributed by atoms with Gasteiger partial charge in [-0.15, -0.1) is 0 Å². The number of H-pyrrole nitrogens is 1. The van der Waals surface area contributed by atoms with Gasteiger partial charge in [0.2, 0.25) is 65.0 Å². The fraction of sp³-hybridized carbons (Fsp3) is 0.515. The number of likely N-dealkylation sites (tertiary alicyclic amines) is 1. The number of nitrogens with one attached hydrogen (secondary N) is 10. The molecule has 544 valence electrons. The van der Waals surface area contributed by atoms with Gasteiger partial charge in [0.25, 0.3) is 0 Å². The monoisotopic (exact) mass is 1440 g/mol. The van der Waals surface area contributed by atoms with Gasteiger partial charge in [0.05, 0.1) is 5.41 Å². The number of alkyl halides is 3. The van der Waals surface area contributed by atoms with Crippen LogP contribution in [0.15, 0.2) is 79.0 Å². The lowest BCUT2D eigenvalue weighted by molar-refractivity contribution is -0.198. The van der Waals surface area contributed by atoms with Crippen LogP contribution in [0.2, 0.25) is 0 Å². The number of aromatic amines is 1. The number of aromatic nitrogens is 1. The van der Waals surface area contributed by atoms with E-state index in [0.29, 0.717) is 64.9 Å². The summed E-state index contributed by atoms with van der Waals surface area (Å²) in [5.41, 5.74) is 16.2. The highest BCUT2D eigenvalue weighted by Crippen LogP contribution is 2.60. The third-order valence-electron chi connectivity index (χ3n) is 17.5. The van der Waals surface area contributed by atoms with Gasteiger partial charge >= 0.3 is 12.1 Å². The van der Waals surface area contributed by atoms with Crippen LogP contribution in [0.5, 0.6) is 11.5 Å². The molecule has 29 nitrogen and oxygen atoms in total. The molecule has 9 atom stereocenters. The molecule has 4 aromatic rings. The van der Waals surface area contributed by atoms with Gasteiger partial charge in [0.1, 0.15) is 65.9 Å². The molecule has 1 aliphatic carbocycles. The highest BCUT2D eigenvalue weighted by Gasteiger charge is 2.69. The number of unbranched alkanes of at least 4 members (excludes halogenated alkanes) is 1. The number of para-hydroxylation sites is 1. The van der Waals surface area contributed by atoms with Crippen LogP contribution < -0.4 is 65.1 Å². The lowest BCUT2D eigenvalue weighted by atomic mass is 9.93. The van der Waals surface area contributed by atoms with Crippen molar-refractivity contribution in [2.24, 2.45) is 22.6 Å². The van der Waals surface area contributed by atoms with Crippen molar-refractivity contribution in [3.05, 3.63) is 95.7 Å². The quantitative estimate of drug-likeness (QED) is 0.0404. The Bertz CT molecular complexity index is 3550. The van der Waals surface area contributed by atoms with Crippen molar-refractivity contribution in [1.29, 1.82) is 0 Å². The van der Waals surface area contributed by atoms with E-state index in [2.05, 4.69) is 52.8 Å². The maximum absolute atomic E-state index is 15.6. The second-order valence-electron chi connectivity index (χ2n) is 25.0. The summed E-state index contributed by atoms with van der Waals surface area (Å²) in [5, 5.41) is 53.5. The number of nitrogens with two attached hydrogens (primary N) is 3. The molecule has 1 aromatic heterocycles. The molecule has 2 saturated heterocycles. The number of aromatic hydroxyl groups is 2. The number of hydrogen-bond donors (Lipinski definition) is 16. The Morgan fingerprint density at radius 3 is 1.94 bits per heavy atom. The number of primary amides is 1. The van der Waals surface area contributed by atoms with Crippen LogP contribution in [0.3, 0.4) is 0 Å². The summed E-state index contributed by atoms with van der Waals surface area (Å²) < 4.78 is 46.8. The van der Waals surface area contributed by atoms with Crippen LogP contribution in [-0.4, -0.2) is 194 Å². The Kier molecular flexibility index (Phi) is 29.2. The van der Waals surface area contributed by atoms with Gasteiger partial charge in [-0.2, -0.15) is 13.2 Å². The van der Waals surface area contributed by atoms with Crippen molar-refractivity contribution in [3.8, 4) is 11.5 Å². The minimum absolute atomic E-state index is 0.00250. The zero-order chi connectivity index (χ0) is 72.7. The van der Waals surface area contributed by atoms with E-state index in [9.17, 15) is 68.1 Å². The lowest BCUT2D eigenvalue weighted by Crippen LogP contribution is -2.63. The minimum atomic E-state index is -5.21. The van der Waals surface area contributed by atoms with Gasteiger partial charge in [0, 0.05) is 86.8 Å². The lowest BCUT2D eigenvalue weighted by Gasteiger charge is -2.32. The maximum atomic E-state index is 15.6. The number of fused-ring (bicyclic) bond motifs is 1. The molecular weight excluding hydrogens is 1350 g/mol. The molecular formula is C66H87F3N14O15S2. The predicted molar refractivity (Wildman–Crippen MR) is 363 cm³/mol. The molecule has 100 heavy (non-hydrogen) atoms. The van der Waals surface area contributed by atoms with Crippen molar-refractivity contribution >= 4 is 103 Å². The molecule has 1 saturated carbocycles. The van der Waals surface area contributed by atoms with Crippen LogP contribution >= 0.6 is 21.6 Å². The first-order valence-electron chi connectivity index (χ1n) is 33.0. The summed E-state index contributed by atoms with van der Waals surface area (Å²) in [7, 11) is 1.45. The van der Waals surface area contributed by atoms with Gasteiger partial charge in [0.15, 0.2) is 0 Å². The molecule has 0 unspecified atom stereocenters. The Morgan fingerprint density at radius 1 is 0.670 bits per heavy atom. The molecule has 0 bridgehead atoms. The second-order valence-corrected chi connectivity index (χ2v) is 27.5. The first-order valence-corrected chi connectivity index (χ1v) is 35.5. The Balaban J connectivity index is 1.26. The van der Waals surface area contributed by atoms with E-state index in [1.54, 1.807) is 30.5 Å². The number of carboxylic acids is 1. The Labute approximate surface area is 581 Å². The summed E-state index contributed by atoms with van der Waals surface area (Å²) in [6.45, 7) is 0.375. The highest BCUT2D eigenvalue weighted by molar-refractivity contribution is 8.76. The minimum Gasteiger partial charge on any atom is -0.508 e. The number of phenolic OH excluding ortho intramolecular Hbond substituents is 2. The number of benzene rings is 3. The van der Waals surface area contributed by atoms with Crippen molar-refractivity contribution in [2.45, 2.75) is 170 Å². The SMILES string of the molecule is NCCCC[C@@H]1NC(=O)[C@H](Cc2ccc(O)cc2)NC(=O)[C@H](C2(C(F)(F)F)CC2)NC(=O)[C@@H](NC(=O)[C@H](Cc2ccc(O)cc2)NC(=O)[C@@H]2CCCN2C(=O)CCN)CSSC[C@@H](C(N)=O)NC(=O)[C@H](CCC(=O)O)NC(=O)[C@H](Cc2c[nH]c3ccccc23)NC(=O)CCCCCNC1=O. The van der Waals surface area contributed by atoms with Crippen LogP contribution in [0.25, 0.3) is 10.9 Å². The summed E-state index contributed by atoms with van der Waals surface area (Å²) in [6.07, 6.45) is -5.17. The fourth-order valence-corrected chi connectivity index (χ4v) is 14.1. The fourth-order valence-electron chi connectivity index (χ4n) is 11.8. The van der Waals surface area contributed by atoms with Gasteiger partial charge in [-0.25, -0.2) is 0 Å². The van der Waals surface area contributed by atoms with E-state index in [1.807, 2.05) is 0 Å². The van der Waals surface area contributed by atoms with Crippen molar-refractivity contribution in [3.63, 3.8) is 0 Å². The van der Waals surface area contributed by atoms with Crippen LogP contribution in [0.4, 0.5) is 13.2 Å². The van der Waals surface area contributed by atoms with Gasteiger partial charge in [-0.05, 0) is 118 Å². The number of phenols is 2. The van der Waals surface area contributed by atoms with Crippen molar-refractivity contribution in [2.75, 3.05) is 37.7 Å². The second kappa shape index (κ2) is 37.3. The zero-order valence-corrected chi connectivity index (χ0v) is 56.5. The molecule has 3 fully saturated rings. The van der Waals surface area contributed by atoms with E-state index in [1.165, 1.54) is 53.4 Å². The molecule has 11 amide bonds. The average Bonchev–Trinajstić information content (AvgIpc) is 1.57. The van der Waals surface area contributed by atoms with Crippen molar-refractivity contribution < 1.29 is 86.0 Å². The molecule has 3 aromatic carbocycles. The number of carboxylic acid groups (broad SMARTS) is 1. The topological polar surface area (TPSA) is 471 Å². The first kappa shape index (κ1) is 78.2. The molecule has 3 heterocycles. The smallest absolute Gasteiger partial charge is 0.396 e. The van der Waals surface area contributed by atoms with E-state index in [-0.39, 0.29) is 88.2 Å². The standard InChI is InChI=1S/C66H87F3N14O15S2/c67-66(68,69)65(25-26-65)55-64(98)79-47(32-38-16-20-41(85)21-17-38)59(93)76-44(11-5-6-27-70)57(91)73-29-7-1-2-13-52(86)75-48(33-39-34-74-43-10-4-3-9-42(39)43)61(95)77-45(22-23-54(88)89)58(92)80-49(56(72)90)35-99-100-36-50(62(96)82-55)81-60(94)46(31-37-14-18-40(84)19-15-37)78-63(97)51-12-8-30-83(51)53(87)24-28-71/h3-4,9-10,14-21,34,44-51,55,74,84-85H,1-2,5-8,11-13,22-33,35-36,70-71H2,(H2,72,90)(H,73,91)(H,75,86)(H,76,93)(H,77,95)(H,78,97)(H,79,98)(H,80,92)(H,81,94)(H,82,96)(H,88,89)/t44-,45-,46-,47-,48-,49-,50-,51-,55+/m0/s1. The number of amides is 11. The number of rotatable bonds is 21. The predicted octanol–water partition coefficient (Wildman–Crippen LogP) is 0.718. The van der Waals surface area contributed by atoms with Crippen LogP contribution in [0, 0.1) is 5.41 Å². The molecule has 2 aliphatic heterocycles. The highest BCUT2D eigenvalue weighted by atomic mass is 33.1. The van der Waals surface area contributed by atoms with Gasteiger partial charge in [-0.3, -0.25) is 57.5 Å². The molecule has 3 aliphatic rings. The van der Waals surface area contributed by atoms with Gasteiger partial charge < -0.3 is 90.3 Å². The number of aliphatic carboxylic acids is 1. The summed E-state index contributed by atoms with van der Waals surface area (Å²) in [6, 6.07) is 2.87. The Hall–Kier alpha value is -9.15. The molecule has 0 spiro atoms. The number of hydrogen-bond acceptors (Lipinski definition) is 18. The third-order valence-corrected chi connectivity index (χ3v) is 20.0. The number of carbonyl (C=O) groups is 12. The normalized spacial score (nSPS) is 23.2. The first-order chi connectivity index (χ1) is 47.7. The van der Waals surface area contributed by atoms with Crippen molar-refractivity contribution in [1.82, 2.24) is 57.7 Å². The van der Waals surface area contributed by atoms with Crippen LogP contribution in [-0.2, 0) is 76.8 Å². The molecule has 19 N–H and O–H groups in total. The summed E-state index contributed by atoms with van der Waals surface area (Å²) >= 11 is 0. The summed E-state index contributed by atoms with van der Waals surface area (Å²) in [4.78, 5) is 173. The number of halogens is 3. The molecule has 34 heteroatoms. The van der Waals surface area contributed by atoms with E-state index < -0.39 is 181 Å². The molecule has 7 rings (SSSR count). The maximum Gasteiger partial charge on any atom is 0.396 e. The number of nitrogens with zero attached hydrogens (tertiary/aromatic N) is 1. The Morgan fingerprint density at radius 2 is 1.30 bits per heavy atom. The largest absolute Gasteiger partial charge is 0.508 e. The number of carbonyl (C=O) groups excluding carboxylic acids is 11. The zero-order valence-electron chi connectivity index (χ0n) is 54.8. The summed E-state index contributed by atoms with van der Waals surface area (Å²) in [5.74, 6) is -13.5. The van der Waals surface area contributed by atoms with Gasteiger partial charge in [-0.1, -0.05) is 70.5 Å². The van der Waals surface area contributed by atoms with E-state index >= 15 is 18.0 Å². The third kappa shape index (κ3) is 22.7. The van der Waals surface area contributed by atoms with Crippen LogP contribution in [0.1, 0.15) is 107 Å². The average molecular weight is 1440 g/mol.